The molecule has 0 amide bonds. The first kappa shape index (κ1) is 12.2. The van der Waals surface area contributed by atoms with E-state index in [4.69, 9.17) is 14.9 Å². The molecule has 0 radical (unpaired) electrons. The van der Waals surface area contributed by atoms with Gasteiger partial charge in [-0.05, 0) is 30.3 Å². The summed E-state index contributed by atoms with van der Waals surface area (Å²) in [5.74, 6) is 0.719. The van der Waals surface area contributed by atoms with Crippen molar-refractivity contribution < 1.29 is 19.7 Å². The monoisotopic (exact) mass is 274 g/mol. The van der Waals surface area contributed by atoms with Crippen molar-refractivity contribution in [1.82, 2.24) is 0 Å². The molecule has 1 aliphatic heterocycles. The van der Waals surface area contributed by atoms with E-state index in [9.17, 15) is 4.79 Å². The number of carbonyl (C=O) groups excluding carboxylic acids is 1. The number of rotatable bonds is 2. The Kier molecular flexibility index (Phi) is 3.02. The second kappa shape index (κ2) is 4.70. The molecular formula is C14H10O4S. The molecular weight excluding hydrogens is 264 g/mol. The Bertz CT molecular complexity index is 652. The summed E-state index contributed by atoms with van der Waals surface area (Å²) in [6.07, 6.45) is -1.99. The van der Waals surface area contributed by atoms with Crippen LogP contribution in [0.1, 0.15) is 10.4 Å². The van der Waals surface area contributed by atoms with E-state index >= 15 is 0 Å². The van der Waals surface area contributed by atoms with E-state index < -0.39 is 12.1 Å². The zero-order valence-electron chi connectivity index (χ0n) is 9.74. The van der Waals surface area contributed by atoms with Gasteiger partial charge in [-0.1, -0.05) is 23.9 Å². The smallest absolute Gasteiger partial charge is 0.218 e. The van der Waals surface area contributed by atoms with Crippen LogP contribution in [0.5, 0.6) is 11.5 Å². The van der Waals surface area contributed by atoms with Crippen LogP contribution in [-0.2, 0) is 0 Å². The number of ether oxygens (including phenoxy) is 1. The normalized spacial score (nSPS) is 12.6. The van der Waals surface area contributed by atoms with E-state index in [0.717, 1.165) is 15.5 Å². The molecule has 1 aliphatic rings. The number of benzene rings is 2. The summed E-state index contributed by atoms with van der Waals surface area (Å²) < 4.78 is 5.72. The number of carbonyl (C=O) groups is 1. The highest BCUT2D eigenvalue weighted by molar-refractivity contribution is 7.99. The van der Waals surface area contributed by atoms with Crippen molar-refractivity contribution in [3.8, 4) is 11.5 Å². The van der Waals surface area contributed by atoms with Gasteiger partial charge in [-0.3, -0.25) is 4.79 Å². The number of aliphatic hydroxyl groups is 2. The fourth-order valence-corrected chi connectivity index (χ4v) is 2.82. The molecule has 0 saturated heterocycles. The highest BCUT2D eigenvalue weighted by Crippen LogP contribution is 2.46. The van der Waals surface area contributed by atoms with Crippen LogP contribution in [0.15, 0.2) is 52.3 Å². The molecule has 5 heteroatoms. The number of fused-ring (bicyclic) bond motifs is 2. The van der Waals surface area contributed by atoms with E-state index in [1.807, 2.05) is 24.3 Å². The molecule has 1 heterocycles. The van der Waals surface area contributed by atoms with Crippen molar-refractivity contribution in [2.75, 3.05) is 0 Å². The molecule has 0 spiro atoms. The third kappa shape index (κ3) is 2.23. The molecule has 19 heavy (non-hydrogen) atoms. The average Bonchev–Trinajstić information content (AvgIpc) is 2.43. The molecule has 0 aromatic heterocycles. The van der Waals surface area contributed by atoms with Crippen molar-refractivity contribution in [1.29, 1.82) is 0 Å². The summed E-state index contributed by atoms with van der Waals surface area (Å²) in [7, 11) is 0. The Balaban J connectivity index is 1.98. The highest BCUT2D eigenvalue weighted by Gasteiger charge is 2.20. The van der Waals surface area contributed by atoms with Crippen molar-refractivity contribution in [3.05, 3.63) is 48.0 Å². The summed E-state index contributed by atoms with van der Waals surface area (Å²) in [6, 6.07) is 12.4. The van der Waals surface area contributed by atoms with Gasteiger partial charge in [-0.25, -0.2) is 0 Å². The Morgan fingerprint density at radius 3 is 2.58 bits per heavy atom. The van der Waals surface area contributed by atoms with Gasteiger partial charge in [-0.2, -0.15) is 0 Å². The summed E-state index contributed by atoms with van der Waals surface area (Å²) in [4.78, 5) is 13.3. The molecule has 0 aliphatic carbocycles. The van der Waals surface area contributed by atoms with Gasteiger partial charge < -0.3 is 14.9 Å². The molecule has 0 saturated carbocycles. The lowest BCUT2D eigenvalue weighted by Crippen LogP contribution is -2.19. The fraction of sp³-hybridized carbons (Fsp3) is 0.0714. The van der Waals surface area contributed by atoms with Crippen molar-refractivity contribution in [2.45, 2.75) is 16.1 Å². The van der Waals surface area contributed by atoms with Crippen LogP contribution in [0.2, 0.25) is 0 Å². The van der Waals surface area contributed by atoms with Crippen LogP contribution < -0.4 is 4.74 Å². The quantitative estimate of drug-likeness (QED) is 0.555. The first-order valence-electron chi connectivity index (χ1n) is 5.64. The van der Waals surface area contributed by atoms with E-state index in [2.05, 4.69) is 0 Å². The zero-order valence-corrected chi connectivity index (χ0v) is 10.6. The van der Waals surface area contributed by atoms with Crippen molar-refractivity contribution in [3.63, 3.8) is 0 Å². The fourth-order valence-electron chi connectivity index (χ4n) is 1.83. The molecule has 0 unspecified atom stereocenters. The predicted octanol–water partition coefficient (Wildman–Crippen LogP) is 2.44. The van der Waals surface area contributed by atoms with Gasteiger partial charge in [0.15, 0.2) is 0 Å². The third-order valence-electron chi connectivity index (χ3n) is 2.75. The van der Waals surface area contributed by atoms with Crippen LogP contribution >= 0.6 is 11.8 Å². The van der Waals surface area contributed by atoms with Crippen LogP contribution in [0.4, 0.5) is 0 Å². The molecule has 0 atom stereocenters. The van der Waals surface area contributed by atoms with E-state index in [1.54, 1.807) is 12.1 Å². The number of para-hydroxylation sites is 1. The van der Waals surface area contributed by atoms with Gasteiger partial charge in [0.2, 0.25) is 12.1 Å². The second-order valence-corrected chi connectivity index (χ2v) is 5.13. The Morgan fingerprint density at radius 1 is 1.05 bits per heavy atom. The summed E-state index contributed by atoms with van der Waals surface area (Å²) >= 11 is 1.49. The average molecular weight is 274 g/mol. The first-order chi connectivity index (χ1) is 9.15. The van der Waals surface area contributed by atoms with Gasteiger partial charge in [0.05, 0.1) is 9.79 Å². The Morgan fingerprint density at radius 2 is 1.79 bits per heavy atom. The summed E-state index contributed by atoms with van der Waals surface area (Å²) in [5, 5.41) is 17.8. The molecule has 96 valence electrons. The zero-order chi connectivity index (χ0) is 13.4. The summed E-state index contributed by atoms with van der Waals surface area (Å²) in [6.45, 7) is 0. The number of aliphatic hydroxyl groups excluding tert-OH is 1. The number of hydrogen-bond donors (Lipinski definition) is 2. The molecule has 0 fully saturated rings. The van der Waals surface area contributed by atoms with Gasteiger partial charge in [-0.15, -0.1) is 0 Å². The number of ketones is 1. The van der Waals surface area contributed by atoms with E-state index in [1.165, 1.54) is 17.8 Å². The summed E-state index contributed by atoms with van der Waals surface area (Å²) in [5.41, 5.74) is 0.254. The van der Waals surface area contributed by atoms with Crippen LogP contribution in [-0.4, -0.2) is 22.3 Å². The minimum Gasteiger partial charge on any atom is -0.455 e. The van der Waals surface area contributed by atoms with Gasteiger partial charge in [0.25, 0.3) is 0 Å². The van der Waals surface area contributed by atoms with Crippen molar-refractivity contribution in [2.24, 2.45) is 0 Å². The molecule has 0 bridgehead atoms. The van der Waals surface area contributed by atoms with Crippen LogP contribution in [0.25, 0.3) is 0 Å². The van der Waals surface area contributed by atoms with E-state index in [-0.39, 0.29) is 5.56 Å². The highest BCUT2D eigenvalue weighted by atomic mass is 32.2. The molecule has 2 N–H and O–H groups in total. The largest absolute Gasteiger partial charge is 0.455 e. The SMILES string of the molecule is O=C(c1ccc2c(c1)Sc1ccccc1O2)C(O)O. The molecule has 4 nitrogen and oxygen atoms in total. The predicted molar refractivity (Wildman–Crippen MR) is 69.6 cm³/mol. The maximum absolute atomic E-state index is 11.5. The van der Waals surface area contributed by atoms with Crippen molar-refractivity contribution >= 4 is 17.5 Å². The molecule has 3 rings (SSSR count). The maximum Gasteiger partial charge on any atom is 0.218 e. The van der Waals surface area contributed by atoms with Crippen LogP contribution in [0, 0.1) is 0 Å². The minimum absolute atomic E-state index is 0.254. The third-order valence-corrected chi connectivity index (χ3v) is 3.85. The second-order valence-electron chi connectivity index (χ2n) is 4.05. The maximum atomic E-state index is 11.5. The number of Topliss-reactive ketones (excluding diaryl/α,β-unsaturated/α-hetero) is 1. The lowest BCUT2D eigenvalue weighted by atomic mass is 10.1. The molecule has 2 aromatic carbocycles. The van der Waals surface area contributed by atoms with Gasteiger partial charge in [0, 0.05) is 5.56 Å². The van der Waals surface area contributed by atoms with E-state index in [0.29, 0.717) is 5.75 Å². The van der Waals surface area contributed by atoms with Crippen LogP contribution in [0.3, 0.4) is 0 Å². The lowest BCUT2D eigenvalue weighted by Gasteiger charge is -2.19. The first-order valence-corrected chi connectivity index (χ1v) is 6.46. The topological polar surface area (TPSA) is 66.8 Å². The minimum atomic E-state index is -1.99. The Hall–Kier alpha value is -1.82. The Labute approximate surface area is 113 Å². The molecule has 2 aromatic rings. The lowest BCUT2D eigenvalue weighted by molar-refractivity contribution is -0.0195. The van der Waals surface area contributed by atoms with Gasteiger partial charge in [0.1, 0.15) is 11.5 Å². The van der Waals surface area contributed by atoms with Gasteiger partial charge >= 0.3 is 0 Å². The standard InChI is InChI=1S/C14H10O4S/c15-13(14(16)17)8-5-6-10-12(7-8)19-11-4-2-1-3-9(11)18-10/h1-7,14,16-17H. The number of hydrogen-bond acceptors (Lipinski definition) is 5.